The average molecular weight is 240 g/mol. The van der Waals surface area contributed by atoms with Crippen molar-refractivity contribution in [2.75, 3.05) is 0 Å². The summed E-state index contributed by atoms with van der Waals surface area (Å²) in [6.07, 6.45) is 3.37. The highest BCUT2D eigenvalue weighted by atomic mass is 35.5. The zero-order valence-electron chi connectivity index (χ0n) is 7.91. The monoisotopic (exact) mass is 239 g/mol. The van der Waals surface area contributed by atoms with E-state index < -0.39 is 0 Å². The molecule has 2 aromatic heterocycles. The lowest BCUT2D eigenvalue weighted by atomic mass is 10.2. The fourth-order valence-electron chi connectivity index (χ4n) is 1.15. The summed E-state index contributed by atoms with van der Waals surface area (Å²) < 4.78 is 0. The summed E-state index contributed by atoms with van der Waals surface area (Å²) in [5.74, 6) is 0.537. The smallest absolute Gasteiger partial charge is 0.162 e. The van der Waals surface area contributed by atoms with Crippen LogP contribution >= 0.6 is 23.2 Å². The highest BCUT2D eigenvalue weighted by molar-refractivity contribution is 6.41. The number of nitrogens with zero attached hydrogens (tertiary/aromatic N) is 3. The summed E-state index contributed by atoms with van der Waals surface area (Å²) in [7, 11) is 0. The molecule has 0 aliphatic heterocycles. The second-order valence-electron chi connectivity index (χ2n) is 2.98. The quantitative estimate of drug-likeness (QED) is 0.718. The molecule has 0 radical (unpaired) electrons. The van der Waals surface area contributed by atoms with Gasteiger partial charge in [-0.15, -0.1) is 0 Å². The van der Waals surface area contributed by atoms with Gasteiger partial charge in [-0.2, -0.15) is 0 Å². The Hall–Kier alpha value is -1.19. The molecular weight excluding hydrogens is 233 g/mol. The van der Waals surface area contributed by atoms with Crippen LogP contribution < -0.4 is 0 Å². The number of aromatic nitrogens is 3. The molecule has 0 bridgehead atoms. The van der Waals surface area contributed by atoms with Crippen molar-refractivity contribution in [3.63, 3.8) is 0 Å². The van der Waals surface area contributed by atoms with Gasteiger partial charge < -0.3 is 0 Å². The van der Waals surface area contributed by atoms with Crippen LogP contribution in [0.5, 0.6) is 0 Å². The first-order valence-electron chi connectivity index (χ1n) is 4.28. The second-order valence-corrected chi connectivity index (χ2v) is 3.72. The molecule has 0 amide bonds. The lowest BCUT2D eigenvalue weighted by molar-refractivity contribution is 1.11. The van der Waals surface area contributed by atoms with Crippen LogP contribution in [-0.2, 0) is 0 Å². The van der Waals surface area contributed by atoms with E-state index in [9.17, 15) is 0 Å². The molecule has 0 unspecified atom stereocenters. The summed E-state index contributed by atoms with van der Waals surface area (Å²) in [6, 6.07) is 3.68. The minimum atomic E-state index is 0.267. The van der Waals surface area contributed by atoms with Gasteiger partial charge in [-0.3, -0.25) is 4.98 Å². The summed E-state index contributed by atoms with van der Waals surface area (Å²) in [5.41, 5.74) is 1.48. The van der Waals surface area contributed by atoms with Crippen LogP contribution in [0.1, 0.15) is 5.69 Å². The second kappa shape index (κ2) is 4.13. The van der Waals surface area contributed by atoms with Crippen LogP contribution in [0, 0.1) is 6.92 Å². The van der Waals surface area contributed by atoms with E-state index >= 15 is 0 Å². The Morgan fingerprint density at radius 2 is 2.00 bits per heavy atom. The van der Waals surface area contributed by atoms with Crippen LogP contribution in [0.2, 0.25) is 10.2 Å². The highest BCUT2D eigenvalue weighted by Crippen LogP contribution is 2.25. The van der Waals surface area contributed by atoms with Crippen molar-refractivity contribution in [1.82, 2.24) is 15.0 Å². The number of halogens is 2. The van der Waals surface area contributed by atoms with Gasteiger partial charge in [0.2, 0.25) is 0 Å². The fraction of sp³-hybridized carbons (Fsp3) is 0.100. The minimum absolute atomic E-state index is 0.267. The largest absolute Gasteiger partial charge is 0.264 e. The molecule has 76 valence electrons. The lowest BCUT2D eigenvalue weighted by Gasteiger charge is -2.03. The molecule has 0 fully saturated rings. The highest BCUT2D eigenvalue weighted by Gasteiger charge is 2.08. The maximum Gasteiger partial charge on any atom is 0.162 e. The Morgan fingerprint density at radius 1 is 1.20 bits per heavy atom. The predicted molar refractivity (Wildman–Crippen MR) is 60.0 cm³/mol. The van der Waals surface area contributed by atoms with Gasteiger partial charge in [0, 0.05) is 18.0 Å². The van der Waals surface area contributed by atoms with Crippen LogP contribution in [-0.4, -0.2) is 15.0 Å². The predicted octanol–water partition coefficient (Wildman–Crippen LogP) is 3.15. The molecule has 0 N–H and O–H groups in total. The van der Waals surface area contributed by atoms with Gasteiger partial charge in [0.1, 0.15) is 0 Å². The molecular formula is C10H7Cl2N3. The van der Waals surface area contributed by atoms with E-state index in [0.717, 1.165) is 5.56 Å². The molecule has 0 saturated carbocycles. The Bertz CT molecular complexity index is 462. The van der Waals surface area contributed by atoms with Crippen molar-refractivity contribution in [3.05, 3.63) is 40.4 Å². The zero-order valence-corrected chi connectivity index (χ0v) is 9.42. The summed E-state index contributed by atoms with van der Waals surface area (Å²) in [6.45, 7) is 1.79. The van der Waals surface area contributed by atoms with Crippen molar-refractivity contribution in [1.29, 1.82) is 0 Å². The number of aryl methyl sites for hydroxylation is 1. The van der Waals surface area contributed by atoms with Gasteiger partial charge >= 0.3 is 0 Å². The molecule has 2 heterocycles. The van der Waals surface area contributed by atoms with E-state index in [2.05, 4.69) is 15.0 Å². The van der Waals surface area contributed by atoms with Gasteiger partial charge in [0.15, 0.2) is 11.0 Å². The third-order valence-corrected chi connectivity index (χ3v) is 2.72. The third-order valence-electron chi connectivity index (χ3n) is 1.90. The Morgan fingerprint density at radius 3 is 2.60 bits per heavy atom. The first-order chi connectivity index (χ1) is 7.18. The van der Waals surface area contributed by atoms with E-state index in [4.69, 9.17) is 23.2 Å². The van der Waals surface area contributed by atoms with Gasteiger partial charge in [-0.05, 0) is 19.1 Å². The molecule has 3 nitrogen and oxygen atoms in total. The topological polar surface area (TPSA) is 38.7 Å². The van der Waals surface area contributed by atoms with E-state index in [-0.39, 0.29) is 5.15 Å². The van der Waals surface area contributed by atoms with Gasteiger partial charge in [-0.25, -0.2) is 9.97 Å². The van der Waals surface area contributed by atoms with Gasteiger partial charge in [-0.1, -0.05) is 23.2 Å². The van der Waals surface area contributed by atoms with Crippen LogP contribution in [0.4, 0.5) is 0 Å². The fourth-order valence-corrected chi connectivity index (χ4v) is 1.45. The maximum absolute atomic E-state index is 5.87. The van der Waals surface area contributed by atoms with Crippen LogP contribution in [0.15, 0.2) is 24.5 Å². The zero-order chi connectivity index (χ0) is 10.8. The molecule has 0 saturated heterocycles. The van der Waals surface area contributed by atoms with Gasteiger partial charge in [0.25, 0.3) is 0 Å². The van der Waals surface area contributed by atoms with E-state index in [1.165, 1.54) is 0 Å². The van der Waals surface area contributed by atoms with E-state index in [1.54, 1.807) is 19.3 Å². The molecule has 2 rings (SSSR count). The maximum atomic E-state index is 5.87. The van der Waals surface area contributed by atoms with Crippen molar-refractivity contribution < 1.29 is 0 Å². The molecule has 15 heavy (non-hydrogen) atoms. The van der Waals surface area contributed by atoms with E-state index in [0.29, 0.717) is 16.5 Å². The van der Waals surface area contributed by atoms with Crippen molar-refractivity contribution in [2.45, 2.75) is 6.92 Å². The van der Waals surface area contributed by atoms with Gasteiger partial charge in [0.05, 0.1) is 10.7 Å². The summed E-state index contributed by atoms with van der Waals surface area (Å²) in [5, 5.41) is 0.660. The normalized spacial score (nSPS) is 10.3. The van der Waals surface area contributed by atoms with Crippen molar-refractivity contribution in [2.24, 2.45) is 0 Å². The number of hydrogen-bond acceptors (Lipinski definition) is 3. The average Bonchev–Trinajstić information content (AvgIpc) is 2.26. The number of rotatable bonds is 1. The molecule has 2 aromatic rings. The molecule has 0 aliphatic carbocycles. The molecule has 0 spiro atoms. The van der Waals surface area contributed by atoms with Crippen LogP contribution in [0.25, 0.3) is 11.4 Å². The van der Waals surface area contributed by atoms with Crippen molar-refractivity contribution in [3.8, 4) is 11.4 Å². The van der Waals surface area contributed by atoms with Crippen LogP contribution in [0.3, 0.4) is 0 Å². The minimum Gasteiger partial charge on any atom is -0.264 e. The number of hydrogen-bond donors (Lipinski definition) is 0. The molecule has 0 aliphatic rings. The third kappa shape index (κ3) is 2.08. The summed E-state index contributed by atoms with van der Waals surface area (Å²) in [4.78, 5) is 12.3. The Kier molecular flexibility index (Phi) is 2.84. The van der Waals surface area contributed by atoms with E-state index in [1.807, 2.05) is 12.1 Å². The standard InChI is InChI=1S/C10H7Cl2N3/c1-6-8(11)9(12)15-10(14-6)7-3-2-4-13-5-7/h2-5H,1H3. The Balaban J connectivity index is 2.56. The number of pyridine rings is 1. The molecule has 0 aromatic carbocycles. The Labute approximate surface area is 97.1 Å². The first kappa shape index (κ1) is 10.3. The molecule has 5 heteroatoms. The first-order valence-corrected chi connectivity index (χ1v) is 5.04. The molecule has 0 atom stereocenters. The lowest BCUT2D eigenvalue weighted by Crippen LogP contribution is -1.94. The van der Waals surface area contributed by atoms with Crippen molar-refractivity contribution >= 4 is 23.2 Å². The summed E-state index contributed by atoms with van der Waals surface area (Å²) >= 11 is 11.7. The SMILES string of the molecule is Cc1nc(-c2cccnc2)nc(Cl)c1Cl.